The highest BCUT2D eigenvalue weighted by molar-refractivity contribution is 6.33. The average Bonchev–Trinajstić information content (AvgIpc) is 2.40. The molecule has 0 radical (unpaired) electrons. The summed E-state index contributed by atoms with van der Waals surface area (Å²) in [7, 11) is 1.29. The Kier molecular flexibility index (Phi) is 4.19. The van der Waals surface area contributed by atoms with Crippen molar-refractivity contribution in [1.82, 2.24) is 9.97 Å². The van der Waals surface area contributed by atoms with Crippen LogP contribution in [0.3, 0.4) is 0 Å². The molecule has 7 heteroatoms. The number of esters is 1. The minimum atomic E-state index is -0.508. The molecular weight excluding hydrogens is 289 g/mol. The fourth-order valence-corrected chi connectivity index (χ4v) is 1.76. The Labute approximate surface area is 119 Å². The van der Waals surface area contributed by atoms with Crippen LogP contribution in [0.2, 0.25) is 10.2 Å². The lowest BCUT2D eigenvalue weighted by molar-refractivity contribution is 0.0601. The van der Waals surface area contributed by atoms with Gasteiger partial charge >= 0.3 is 5.97 Å². The van der Waals surface area contributed by atoms with Crippen LogP contribution in [0.25, 0.3) is 0 Å². The van der Waals surface area contributed by atoms with Crippen molar-refractivity contribution < 1.29 is 9.53 Å². The van der Waals surface area contributed by atoms with Gasteiger partial charge in [-0.15, -0.1) is 0 Å². The minimum absolute atomic E-state index is 0.268. The fourth-order valence-electron chi connectivity index (χ4n) is 1.42. The fraction of sp³-hybridized carbons (Fsp3) is 0.0833. The molecule has 0 saturated carbocycles. The molecule has 0 amide bonds. The van der Waals surface area contributed by atoms with Crippen molar-refractivity contribution in [3.8, 4) is 0 Å². The predicted molar refractivity (Wildman–Crippen MR) is 73.1 cm³/mol. The summed E-state index contributed by atoms with van der Waals surface area (Å²) in [5, 5.41) is 3.55. The van der Waals surface area contributed by atoms with E-state index in [1.807, 2.05) is 0 Å². The van der Waals surface area contributed by atoms with Crippen molar-refractivity contribution in [2.24, 2.45) is 0 Å². The predicted octanol–water partition coefficient (Wildman–Crippen LogP) is 3.31. The zero-order chi connectivity index (χ0) is 13.8. The molecule has 2 aromatic rings. The molecule has 0 unspecified atom stereocenters. The molecule has 19 heavy (non-hydrogen) atoms. The summed E-state index contributed by atoms with van der Waals surface area (Å²) in [5.74, 6) is -0.0449. The van der Waals surface area contributed by atoms with Crippen LogP contribution in [-0.2, 0) is 4.74 Å². The quantitative estimate of drug-likeness (QED) is 0.881. The van der Waals surface area contributed by atoms with Crippen molar-refractivity contribution in [1.29, 1.82) is 0 Å². The molecule has 0 spiro atoms. The standard InChI is InChI=1S/C12H9Cl2N3O2/c1-19-12(18)8-4-7(2-3-9(8)13)16-11-6-15-5-10(14)17-11/h2-6H,1H3,(H,16,17). The molecule has 1 aromatic carbocycles. The second-order valence-corrected chi connectivity index (χ2v) is 4.33. The van der Waals surface area contributed by atoms with E-state index < -0.39 is 5.97 Å². The molecule has 5 nitrogen and oxygen atoms in total. The first kappa shape index (κ1) is 13.6. The van der Waals surface area contributed by atoms with Gasteiger partial charge in [-0.25, -0.2) is 9.78 Å². The van der Waals surface area contributed by atoms with Crippen LogP contribution in [0.5, 0.6) is 0 Å². The second-order valence-electron chi connectivity index (χ2n) is 3.54. The highest BCUT2D eigenvalue weighted by Gasteiger charge is 2.11. The van der Waals surface area contributed by atoms with Gasteiger partial charge in [0.2, 0.25) is 0 Å². The van der Waals surface area contributed by atoms with Gasteiger partial charge in [-0.1, -0.05) is 23.2 Å². The number of ether oxygens (including phenoxy) is 1. The maximum Gasteiger partial charge on any atom is 0.339 e. The second kappa shape index (κ2) is 5.86. The summed E-state index contributed by atoms with van der Waals surface area (Å²) >= 11 is 11.7. The molecule has 0 atom stereocenters. The van der Waals surface area contributed by atoms with Crippen LogP contribution in [0, 0.1) is 0 Å². The molecule has 0 saturated heterocycles. The van der Waals surface area contributed by atoms with Crippen molar-refractivity contribution >= 4 is 40.7 Å². The van der Waals surface area contributed by atoms with E-state index in [0.717, 1.165) is 0 Å². The van der Waals surface area contributed by atoms with Gasteiger partial charge < -0.3 is 10.1 Å². The van der Waals surface area contributed by atoms with Crippen molar-refractivity contribution in [3.05, 3.63) is 46.3 Å². The van der Waals surface area contributed by atoms with Crippen LogP contribution in [-0.4, -0.2) is 23.0 Å². The van der Waals surface area contributed by atoms with Crippen LogP contribution < -0.4 is 5.32 Å². The summed E-state index contributed by atoms with van der Waals surface area (Å²) in [4.78, 5) is 19.4. The number of benzene rings is 1. The third-order valence-electron chi connectivity index (χ3n) is 2.25. The monoisotopic (exact) mass is 297 g/mol. The number of carbonyl (C=O) groups is 1. The van der Waals surface area contributed by atoms with Gasteiger partial charge in [0.15, 0.2) is 5.82 Å². The molecule has 1 aromatic heterocycles. The first-order chi connectivity index (χ1) is 9.10. The van der Waals surface area contributed by atoms with E-state index in [9.17, 15) is 4.79 Å². The van der Waals surface area contributed by atoms with Gasteiger partial charge in [-0.3, -0.25) is 4.98 Å². The lowest BCUT2D eigenvalue weighted by Crippen LogP contribution is -2.03. The van der Waals surface area contributed by atoms with Gasteiger partial charge in [0.1, 0.15) is 5.15 Å². The molecule has 0 bridgehead atoms. The molecule has 0 aliphatic rings. The number of nitrogens with zero attached hydrogens (tertiary/aromatic N) is 2. The summed E-state index contributed by atoms with van der Waals surface area (Å²) in [5.41, 5.74) is 0.894. The molecule has 0 aliphatic carbocycles. The summed E-state index contributed by atoms with van der Waals surface area (Å²) in [6, 6.07) is 4.86. The Bertz CT molecular complexity index is 620. The van der Waals surface area contributed by atoms with E-state index in [4.69, 9.17) is 23.2 Å². The smallest absolute Gasteiger partial charge is 0.339 e. The lowest BCUT2D eigenvalue weighted by Gasteiger charge is -2.08. The molecule has 0 aliphatic heterocycles. The number of halogens is 2. The third-order valence-corrected chi connectivity index (χ3v) is 2.76. The normalized spacial score (nSPS) is 10.1. The summed E-state index contributed by atoms with van der Waals surface area (Å²) in [6.07, 6.45) is 2.94. The number of methoxy groups -OCH3 is 1. The number of hydrogen-bond acceptors (Lipinski definition) is 5. The lowest BCUT2D eigenvalue weighted by atomic mass is 10.2. The molecular formula is C12H9Cl2N3O2. The molecule has 98 valence electrons. The van der Waals surface area contributed by atoms with E-state index in [-0.39, 0.29) is 10.7 Å². The largest absolute Gasteiger partial charge is 0.465 e. The van der Waals surface area contributed by atoms with Gasteiger partial charge in [-0.2, -0.15) is 0 Å². The van der Waals surface area contributed by atoms with Gasteiger partial charge in [-0.05, 0) is 18.2 Å². The van der Waals surface area contributed by atoms with Crippen molar-refractivity contribution in [3.63, 3.8) is 0 Å². The molecule has 1 N–H and O–H groups in total. The van der Waals surface area contributed by atoms with Crippen LogP contribution in [0.4, 0.5) is 11.5 Å². The molecule has 1 heterocycles. The van der Waals surface area contributed by atoms with Crippen LogP contribution >= 0.6 is 23.2 Å². The highest BCUT2D eigenvalue weighted by Crippen LogP contribution is 2.23. The first-order valence-corrected chi connectivity index (χ1v) is 5.98. The van der Waals surface area contributed by atoms with Crippen LogP contribution in [0.1, 0.15) is 10.4 Å². The van der Waals surface area contributed by atoms with E-state index in [1.54, 1.807) is 18.2 Å². The number of nitrogens with one attached hydrogen (secondary N) is 1. The van der Waals surface area contributed by atoms with Crippen molar-refractivity contribution in [2.75, 3.05) is 12.4 Å². The van der Waals surface area contributed by atoms with E-state index >= 15 is 0 Å². The number of carbonyl (C=O) groups excluding carboxylic acids is 1. The Balaban J connectivity index is 2.29. The third kappa shape index (κ3) is 3.33. The zero-order valence-electron chi connectivity index (χ0n) is 9.85. The SMILES string of the molecule is COC(=O)c1cc(Nc2cncc(Cl)n2)ccc1Cl. The molecule has 2 rings (SSSR count). The average molecular weight is 298 g/mol. The van der Waals surface area contributed by atoms with Gasteiger partial charge in [0.05, 0.1) is 30.1 Å². The van der Waals surface area contributed by atoms with E-state index in [1.165, 1.54) is 19.5 Å². The van der Waals surface area contributed by atoms with Crippen LogP contribution in [0.15, 0.2) is 30.6 Å². The van der Waals surface area contributed by atoms with Gasteiger partial charge in [0.25, 0.3) is 0 Å². The Morgan fingerprint density at radius 1 is 1.32 bits per heavy atom. The first-order valence-electron chi connectivity index (χ1n) is 5.22. The van der Waals surface area contributed by atoms with E-state index in [2.05, 4.69) is 20.0 Å². The van der Waals surface area contributed by atoms with Crippen molar-refractivity contribution in [2.45, 2.75) is 0 Å². The maximum atomic E-state index is 11.5. The van der Waals surface area contributed by atoms with Gasteiger partial charge in [0, 0.05) is 5.69 Å². The number of rotatable bonds is 3. The summed E-state index contributed by atoms with van der Waals surface area (Å²) < 4.78 is 4.64. The Hall–Kier alpha value is -1.85. The Morgan fingerprint density at radius 2 is 2.11 bits per heavy atom. The summed E-state index contributed by atoms with van der Waals surface area (Å²) in [6.45, 7) is 0. The highest BCUT2D eigenvalue weighted by atomic mass is 35.5. The Morgan fingerprint density at radius 3 is 2.79 bits per heavy atom. The van der Waals surface area contributed by atoms with E-state index in [0.29, 0.717) is 16.5 Å². The minimum Gasteiger partial charge on any atom is -0.465 e. The maximum absolute atomic E-state index is 11.5. The topological polar surface area (TPSA) is 64.1 Å². The molecule has 0 fully saturated rings. The number of anilines is 2. The number of hydrogen-bond donors (Lipinski definition) is 1. The zero-order valence-corrected chi connectivity index (χ0v) is 11.4. The number of aromatic nitrogens is 2.